The number of amides is 4. The zero-order valence-electron chi connectivity index (χ0n) is 27.3. The van der Waals surface area contributed by atoms with Gasteiger partial charge in [0, 0.05) is 19.0 Å². The van der Waals surface area contributed by atoms with Crippen LogP contribution in [-0.2, 0) is 28.6 Å². The molecule has 0 spiro atoms. The maximum Gasteiger partial charge on any atom is 0.408 e. The number of aliphatic hydroxyl groups excluding tert-OH is 1. The molecule has 2 fully saturated rings. The predicted molar refractivity (Wildman–Crippen MR) is 160 cm³/mol. The van der Waals surface area contributed by atoms with Crippen LogP contribution in [0.4, 0.5) is 9.59 Å². The molecule has 4 amide bonds. The van der Waals surface area contributed by atoms with Gasteiger partial charge in [0.2, 0.25) is 0 Å². The molecule has 5 N–H and O–H groups in total. The van der Waals surface area contributed by atoms with E-state index >= 15 is 0 Å². The Balaban J connectivity index is 0.000000434. The van der Waals surface area contributed by atoms with Gasteiger partial charge in [0.25, 0.3) is 11.8 Å². The lowest BCUT2D eigenvalue weighted by Gasteiger charge is -2.28. The summed E-state index contributed by atoms with van der Waals surface area (Å²) in [6.07, 6.45) is 2.68. The highest BCUT2D eigenvalue weighted by Gasteiger charge is 2.36. The van der Waals surface area contributed by atoms with Gasteiger partial charge in [-0.15, -0.1) is 0 Å². The number of nitrogens with one attached hydrogen (secondary N) is 4. The van der Waals surface area contributed by atoms with E-state index in [9.17, 15) is 29.1 Å². The first-order valence-electron chi connectivity index (χ1n) is 15.3. The molecule has 0 aromatic heterocycles. The van der Waals surface area contributed by atoms with Crippen molar-refractivity contribution in [3.63, 3.8) is 0 Å². The van der Waals surface area contributed by atoms with Crippen molar-refractivity contribution in [1.29, 1.82) is 0 Å². The first-order valence-corrected chi connectivity index (χ1v) is 15.3. The highest BCUT2D eigenvalue weighted by molar-refractivity contribution is 5.85. The fraction of sp³-hybridized carbons (Fsp3) is 0.833. The van der Waals surface area contributed by atoms with Gasteiger partial charge in [0.15, 0.2) is 12.2 Å². The molecule has 43 heavy (non-hydrogen) atoms. The van der Waals surface area contributed by atoms with Crippen LogP contribution in [0.5, 0.6) is 0 Å². The van der Waals surface area contributed by atoms with E-state index in [0.29, 0.717) is 12.8 Å². The van der Waals surface area contributed by atoms with Crippen LogP contribution in [0.25, 0.3) is 0 Å². The third kappa shape index (κ3) is 17.6. The number of rotatable bonds is 13. The van der Waals surface area contributed by atoms with Gasteiger partial charge in [-0.25, -0.2) is 9.59 Å². The van der Waals surface area contributed by atoms with Gasteiger partial charge in [-0.2, -0.15) is 0 Å². The van der Waals surface area contributed by atoms with Gasteiger partial charge in [-0.05, 0) is 80.1 Å². The Labute approximate surface area is 255 Å². The van der Waals surface area contributed by atoms with Crippen LogP contribution in [0, 0.1) is 0 Å². The van der Waals surface area contributed by atoms with E-state index < -0.39 is 59.6 Å². The summed E-state index contributed by atoms with van der Waals surface area (Å²) < 4.78 is 15.5. The van der Waals surface area contributed by atoms with Crippen molar-refractivity contribution >= 4 is 30.0 Å². The summed E-state index contributed by atoms with van der Waals surface area (Å²) in [5.74, 6) is -1.37. The first-order chi connectivity index (χ1) is 19.8. The largest absolute Gasteiger partial charge is 0.450 e. The van der Waals surface area contributed by atoms with Crippen LogP contribution in [0.15, 0.2) is 0 Å². The summed E-state index contributed by atoms with van der Waals surface area (Å²) in [6.45, 7) is 15.6. The molecule has 13 nitrogen and oxygen atoms in total. The van der Waals surface area contributed by atoms with Crippen molar-refractivity contribution in [3.8, 4) is 0 Å². The third-order valence-corrected chi connectivity index (χ3v) is 6.02. The van der Waals surface area contributed by atoms with E-state index in [4.69, 9.17) is 14.2 Å². The number of hydrogen-bond acceptors (Lipinski definition) is 9. The molecular formula is C30H54N4O9. The van der Waals surface area contributed by atoms with E-state index in [-0.39, 0.29) is 18.0 Å². The zero-order chi connectivity index (χ0) is 33.0. The zero-order valence-corrected chi connectivity index (χ0v) is 27.3. The van der Waals surface area contributed by atoms with Gasteiger partial charge in [-0.1, -0.05) is 26.7 Å². The second kappa shape index (κ2) is 17.3. The minimum atomic E-state index is -1.25. The van der Waals surface area contributed by atoms with E-state index in [1.807, 2.05) is 13.8 Å². The summed E-state index contributed by atoms with van der Waals surface area (Å²) in [5.41, 5.74) is -1.25. The van der Waals surface area contributed by atoms with Crippen LogP contribution >= 0.6 is 0 Å². The highest BCUT2D eigenvalue weighted by atomic mass is 16.6. The molecule has 0 aliphatic heterocycles. The van der Waals surface area contributed by atoms with Crippen LogP contribution < -0.4 is 21.3 Å². The van der Waals surface area contributed by atoms with Crippen molar-refractivity contribution in [2.75, 3.05) is 0 Å². The standard InChI is InChI=1S/C16H28N2O5.C14H26N2O4/c1-6-7-12(18-15(21)23-16(3,4)5)13(22-10(2)19)14(20)17-11-8-9-11;1-5-6-10(16-13(19)20-14(2,3)4)11(17)12(18)15-9-7-8-9/h11-13H,6-9H2,1-5H3,(H,17,20)(H,18,21);9-11,17H,5-8H2,1-4H3,(H,15,18)(H,16,19)/t12-,13?;10-,11?/m00/s1. The average molecular weight is 615 g/mol. The van der Waals surface area contributed by atoms with Crippen molar-refractivity contribution in [2.45, 2.75) is 161 Å². The number of esters is 1. The van der Waals surface area contributed by atoms with Crippen LogP contribution in [0.2, 0.25) is 0 Å². The minimum Gasteiger partial charge on any atom is -0.450 e. The van der Waals surface area contributed by atoms with Gasteiger partial charge in [0.1, 0.15) is 11.2 Å². The number of ether oxygens (including phenoxy) is 3. The summed E-state index contributed by atoms with van der Waals surface area (Å²) in [7, 11) is 0. The minimum absolute atomic E-state index is 0.143. The van der Waals surface area contributed by atoms with E-state index in [0.717, 1.165) is 38.5 Å². The second-order valence-electron chi connectivity index (χ2n) is 13.1. The maximum atomic E-state index is 12.3. The molecule has 2 aliphatic carbocycles. The smallest absolute Gasteiger partial charge is 0.408 e. The number of alkyl carbamates (subject to hydrolysis) is 2. The molecule has 248 valence electrons. The van der Waals surface area contributed by atoms with Gasteiger partial charge in [-0.3, -0.25) is 14.4 Å². The number of hydrogen-bond donors (Lipinski definition) is 5. The van der Waals surface area contributed by atoms with Crippen molar-refractivity contribution < 1.29 is 43.3 Å². The Kier molecular flexibility index (Phi) is 15.2. The quantitative estimate of drug-likeness (QED) is 0.154. The molecule has 0 saturated heterocycles. The van der Waals surface area contributed by atoms with E-state index in [2.05, 4.69) is 21.3 Å². The van der Waals surface area contributed by atoms with Crippen molar-refractivity contribution in [3.05, 3.63) is 0 Å². The van der Waals surface area contributed by atoms with Crippen molar-refractivity contribution in [1.82, 2.24) is 21.3 Å². The SMILES string of the molecule is CCC[C@H](NC(=O)OC(C)(C)C)C(O)C(=O)NC1CC1.CCC[C@H](NC(=O)OC(C)(C)C)C(OC(C)=O)C(=O)NC1CC1. The van der Waals surface area contributed by atoms with Crippen LogP contribution in [-0.4, -0.2) is 82.7 Å². The molecule has 2 saturated carbocycles. The lowest BCUT2D eigenvalue weighted by Crippen LogP contribution is -2.53. The maximum absolute atomic E-state index is 12.3. The molecule has 13 heteroatoms. The third-order valence-electron chi connectivity index (χ3n) is 6.02. The molecular weight excluding hydrogens is 560 g/mol. The monoisotopic (exact) mass is 614 g/mol. The lowest BCUT2D eigenvalue weighted by molar-refractivity contribution is -0.156. The van der Waals surface area contributed by atoms with E-state index in [1.54, 1.807) is 41.5 Å². The Morgan fingerprint density at radius 1 is 0.721 bits per heavy atom. The normalized spacial score (nSPS) is 17.4. The average Bonchev–Trinajstić information content (AvgIpc) is 3.77. The fourth-order valence-corrected chi connectivity index (χ4v) is 3.85. The highest BCUT2D eigenvalue weighted by Crippen LogP contribution is 2.20. The van der Waals surface area contributed by atoms with Crippen LogP contribution in [0.1, 0.15) is 114 Å². The van der Waals surface area contributed by atoms with Crippen molar-refractivity contribution in [2.24, 2.45) is 0 Å². The molecule has 4 atom stereocenters. The predicted octanol–water partition coefficient (Wildman–Crippen LogP) is 3.21. The Morgan fingerprint density at radius 3 is 1.49 bits per heavy atom. The van der Waals surface area contributed by atoms with Gasteiger partial charge in [0.05, 0.1) is 12.1 Å². The number of carbonyl (C=O) groups is 5. The fourth-order valence-electron chi connectivity index (χ4n) is 3.85. The Morgan fingerprint density at radius 2 is 1.12 bits per heavy atom. The number of aliphatic hydroxyl groups is 1. The first kappa shape index (κ1) is 37.9. The van der Waals surface area contributed by atoms with Crippen LogP contribution in [0.3, 0.4) is 0 Å². The topological polar surface area (TPSA) is 181 Å². The Hall–Kier alpha value is -3.09. The molecule has 0 aromatic carbocycles. The molecule has 2 aliphatic rings. The number of carbonyl (C=O) groups excluding carboxylic acids is 5. The van der Waals surface area contributed by atoms with E-state index in [1.165, 1.54) is 6.92 Å². The summed E-state index contributed by atoms with van der Waals surface area (Å²) in [6, 6.07) is -0.934. The summed E-state index contributed by atoms with van der Waals surface area (Å²) in [5, 5.41) is 20.8. The van der Waals surface area contributed by atoms with Gasteiger partial charge >= 0.3 is 18.2 Å². The Bertz CT molecular complexity index is 937. The summed E-state index contributed by atoms with van der Waals surface area (Å²) >= 11 is 0. The molecule has 0 aromatic rings. The molecule has 0 bridgehead atoms. The molecule has 2 unspecified atom stereocenters. The van der Waals surface area contributed by atoms with Gasteiger partial charge < -0.3 is 40.6 Å². The summed E-state index contributed by atoms with van der Waals surface area (Å²) in [4.78, 5) is 59.2. The lowest BCUT2D eigenvalue weighted by atomic mass is 10.0. The molecule has 0 radical (unpaired) electrons. The second-order valence-corrected chi connectivity index (χ2v) is 13.1. The molecule has 2 rings (SSSR count). The molecule has 0 heterocycles.